The Kier molecular flexibility index (Phi) is 5.27. The lowest BCUT2D eigenvalue weighted by Gasteiger charge is -2.32. The molecule has 2 atom stereocenters. The van der Waals surface area contributed by atoms with Gasteiger partial charge in [0.05, 0.1) is 5.69 Å². The molecule has 2 aliphatic rings. The third-order valence-corrected chi connectivity index (χ3v) is 7.40. The van der Waals surface area contributed by atoms with Crippen molar-refractivity contribution in [3.8, 4) is 0 Å². The normalized spacial score (nSPS) is 21.2. The monoisotopic (exact) mass is 436 g/mol. The number of carbonyl (C=O) groups is 1. The highest BCUT2D eigenvalue weighted by Crippen LogP contribution is 2.34. The van der Waals surface area contributed by atoms with Gasteiger partial charge in [0.2, 0.25) is 0 Å². The van der Waals surface area contributed by atoms with Crippen LogP contribution in [0.4, 0.5) is 11.5 Å². The highest BCUT2D eigenvalue weighted by Gasteiger charge is 2.29. The Bertz CT molecular complexity index is 1140. The first-order valence-electron chi connectivity index (χ1n) is 10.9. The molecule has 0 unspecified atom stereocenters. The Morgan fingerprint density at radius 2 is 2.03 bits per heavy atom. The zero-order valence-corrected chi connectivity index (χ0v) is 18.8. The molecule has 7 nitrogen and oxygen atoms in total. The van der Waals surface area contributed by atoms with E-state index in [0.29, 0.717) is 16.5 Å². The summed E-state index contributed by atoms with van der Waals surface area (Å²) in [6, 6.07) is 8.25. The van der Waals surface area contributed by atoms with Crippen LogP contribution in [-0.2, 0) is 6.42 Å². The molecule has 0 bridgehead atoms. The molecule has 8 heteroatoms. The lowest BCUT2D eigenvalue weighted by Crippen LogP contribution is -2.44. The Morgan fingerprint density at radius 3 is 2.84 bits per heavy atom. The van der Waals surface area contributed by atoms with E-state index < -0.39 is 0 Å². The summed E-state index contributed by atoms with van der Waals surface area (Å²) in [5, 5.41) is 7.46. The largest absolute Gasteiger partial charge is 0.397 e. The van der Waals surface area contributed by atoms with E-state index in [4.69, 9.17) is 10.7 Å². The van der Waals surface area contributed by atoms with Gasteiger partial charge in [0.1, 0.15) is 15.5 Å². The number of nitrogens with zero attached hydrogens (tertiary/aromatic N) is 3. The van der Waals surface area contributed by atoms with Crippen LogP contribution in [0.1, 0.15) is 45.9 Å². The molecule has 5 rings (SSSR count). The van der Waals surface area contributed by atoms with E-state index in [-0.39, 0.29) is 11.9 Å². The minimum absolute atomic E-state index is 0.0705. The molecule has 3 aromatic rings. The maximum Gasteiger partial charge on any atom is 0.263 e. The number of rotatable bonds is 3. The van der Waals surface area contributed by atoms with Gasteiger partial charge in [-0.25, -0.2) is 9.97 Å². The zero-order chi connectivity index (χ0) is 21.5. The summed E-state index contributed by atoms with van der Waals surface area (Å²) in [7, 11) is 0. The molecule has 1 fully saturated rings. The van der Waals surface area contributed by atoms with Crippen LogP contribution in [0.2, 0.25) is 0 Å². The van der Waals surface area contributed by atoms with Gasteiger partial charge in [0, 0.05) is 54.9 Å². The van der Waals surface area contributed by atoms with Gasteiger partial charge in [0.25, 0.3) is 5.91 Å². The molecule has 4 heterocycles. The Balaban J connectivity index is 1.33. The van der Waals surface area contributed by atoms with Crippen LogP contribution in [-0.4, -0.2) is 48.1 Å². The van der Waals surface area contributed by atoms with Crippen molar-refractivity contribution in [1.82, 2.24) is 20.6 Å². The first-order valence-corrected chi connectivity index (χ1v) is 11.7. The molecular formula is C23H28N6OS. The fraction of sp³-hybridized carbons (Fsp3) is 0.435. The topological polar surface area (TPSA) is 96.2 Å². The second-order valence-corrected chi connectivity index (χ2v) is 9.61. The lowest BCUT2D eigenvalue weighted by atomic mass is 9.84. The molecule has 4 N–H and O–H groups in total. The molecule has 0 radical (unpaired) electrons. The predicted molar refractivity (Wildman–Crippen MR) is 126 cm³/mol. The van der Waals surface area contributed by atoms with Crippen LogP contribution in [0.5, 0.6) is 0 Å². The van der Waals surface area contributed by atoms with Crippen LogP contribution in [0.15, 0.2) is 24.3 Å². The van der Waals surface area contributed by atoms with Crippen molar-refractivity contribution in [2.75, 3.05) is 36.8 Å². The third-order valence-electron chi connectivity index (χ3n) is 6.28. The van der Waals surface area contributed by atoms with Crippen molar-refractivity contribution in [3.05, 3.63) is 46.1 Å². The molecule has 1 amide bonds. The van der Waals surface area contributed by atoms with Crippen molar-refractivity contribution in [3.63, 3.8) is 0 Å². The second kappa shape index (κ2) is 8.09. The summed E-state index contributed by atoms with van der Waals surface area (Å²) in [5.74, 6) is 1.25. The number of anilines is 2. The SMILES string of the molecule is Cc1ccc2c(N)c(C(=O)N[C@H]3Cc4ccc(N5CCNCC5)nc4[C@H](C)C3)sc2n1. The van der Waals surface area contributed by atoms with E-state index >= 15 is 0 Å². The van der Waals surface area contributed by atoms with Crippen LogP contribution in [0.3, 0.4) is 0 Å². The summed E-state index contributed by atoms with van der Waals surface area (Å²) >= 11 is 1.37. The van der Waals surface area contributed by atoms with Gasteiger partial charge in [-0.2, -0.15) is 0 Å². The number of aromatic nitrogens is 2. The molecule has 1 saturated heterocycles. The quantitative estimate of drug-likeness (QED) is 0.584. The number of carbonyl (C=O) groups excluding carboxylic acids is 1. The number of pyridine rings is 2. The summed E-state index contributed by atoms with van der Waals surface area (Å²) < 4.78 is 0. The predicted octanol–water partition coefficient (Wildman–Crippen LogP) is 2.84. The maximum atomic E-state index is 13.0. The van der Waals surface area contributed by atoms with Crippen LogP contribution < -0.4 is 21.3 Å². The number of fused-ring (bicyclic) bond motifs is 2. The van der Waals surface area contributed by atoms with Gasteiger partial charge in [-0.1, -0.05) is 13.0 Å². The Hall–Kier alpha value is -2.71. The Morgan fingerprint density at radius 1 is 1.23 bits per heavy atom. The fourth-order valence-electron chi connectivity index (χ4n) is 4.67. The van der Waals surface area contributed by atoms with E-state index in [1.807, 2.05) is 19.1 Å². The highest BCUT2D eigenvalue weighted by atomic mass is 32.1. The Labute approximate surface area is 186 Å². The lowest BCUT2D eigenvalue weighted by molar-refractivity contribution is 0.0937. The second-order valence-electron chi connectivity index (χ2n) is 8.61. The molecule has 162 valence electrons. The number of nitrogen functional groups attached to an aromatic ring is 1. The number of nitrogens with one attached hydrogen (secondary N) is 2. The van der Waals surface area contributed by atoms with Gasteiger partial charge in [-0.3, -0.25) is 4.79 Å². The van der Waals surface area contributed by atoms with Crippen molar-refractivity contribution < 1.29 is 4.79 Å². The molecule has 0 saturated carbocycles. The molecule has 0 aromatic carbocycles. The first kappa shape index (κ1) is 20.2. The molecule has 0 spiro atoms. The van der Waals surface area contributed by atoms with Crippen LogP contribution in [0.25, 0.3) is 10.2 Å². The number of nitrogens with two attached hydrogens (primary N) is 1. The van der Waals surface area contributed by atoms with E-state index in [0.717, 1.165) is 60.7 Å². The molecule has 3 aromatic heterocycles. The summed E-state index contributed by atoms with van der Waals surface area (Å²) in [5.41, 5.74) is 10.1. The first-order chi connectivity index (χ1) is 15.0. The third kappa shape index (κ3) is 3.85. The number of thiophene rings is 1. The smallest absolute Gasteiger partial charge is 0.263 e. The van der Waals surface area contributed by atoms with E-state index in [9.17, 15) is 4.79 Å². The van der Waals surface area contributed by atoms with Crippen molar-refractivity contribution >= 4 is 39.0 Å². The van der Waals surface area contributed by atoms with Gasteiger partial charge in [-0.05, 0) is 43.5 Å². The van der Waals surface area contributed by atoms with E-state index in [2.05, 4.69) is 39.6 Å². The summed E-state index contributed by atoms with van der Waals surface area (Å²) in [6.45, 7) is 8.12. The number of hydrogen-bond donors (Lipinski definition) is 3. The summed E-state index contributed by atoms with van der Waals surface area (Å²) in [4.78, 5) is 26.3. The average Bonchev–Trinajstić information content (AvgIpc) is 3.10. The molecule has 1 aliphatic heterocycles. The van der Waals surface area contributed by atoms with Gasteiger partial charge >= 0.3 is 0 Å². The van der Waals surface area contributed by atoms with Crippen molar-refractivity contribution in [2.45, 2.75) is 38.6 Å². The fourth-order valence-corrected chi connectivity index (χ4v) is 5.71. The van der Waals surface area contributed by atoms with E-state index in [1.165, 1.54) is 22.6 Å². The average molecular weight is 437 g/mol. The van der Waals surface area contributed by atoms with Gasteiger partial charge in [0.15, 0.2) is 0 Å². The van der Waals surface area contributed by atoms with Gasteiger partial charge in [-0.15, -0.1) is 11.3 Å². The number of hydrogen-bond acceptors (Lipinski definition) is 7. The molecule has 1 aliphatic carbocycles. The summed E-state index contributed by atoms with van der Waals surface area (Å²) in [6.07, 6.45) is 1.67. The van der Waals surface area contributed by atoms with Gasteiger partial charge < -0.3 is 21.3 Å². The molecule has 31 heavy (non-hydrogen) atoms. The van der Waals surface area contributed by atoms with Crippen LogP contribution in [0, 0.1) is 6.92 Å². The van der Waals surface area contributed by atoms with E-state index in [1.54, 1.807) is 0 Å². The number of aryl methyl sites for hydroxylation is 1. The maximum absolute atomic E-state index is 13.0. The molecular weight excluding hydrogens is 408 g/mol. The van der Waals surface area contributed by atoms with Crippen molar-refractivity contribution in [2.24, 2.45) is 0 Å². The van der Waals surface area contributed by atoms with Crippen LogP contribution >= 0.6 is 11.3 Å². The number of amides is 1. The minimum atomic E-state index is -0.107. The zero-order valence-electron chi connectivity index (χ0n) is 17.9. The highest BCUT2D eigenvalue weighted by molar-refractivity contribution is 7.21. The minimum Gasteiger partial charge on any atom is -0.397 e. The van der Waals surface area contributed by atoms with Crippen molar-refractivity contribution in [1.29, 1.82) is 0 Å². The standard InChI is InChI=1S/C23H28N6OS/c1-13-11-16(12-15-4-6-18(28-20(13)15)29-9-7-25-8-10-29)27-22(30)21-19(24)17-5-3-14(2)26-23(17)31-21/h3-6,13,16,25H,7-12,24H2,1-2H3,(H,27,30)/t13-,16-/m1/s1. The number of piperazine rings is 1.